The molecular formula is C14H21NO2Si. The van der Waals surface area contributed by atoms with Crippen molar-refractivity contribution in [3.8, 4) is 0 Å². The van der Waals surface area contributed by atoms with Gasteiger partial charge in [-0.25, -0.2) is 4.79 Å². The van der Waals surface area contributed by atoms with Crippen molar-refractivity contribution in [2.45, 2.75) is 32.1 Å². The van der Waals surface area contributed by atoms with Crippen molar-refractivity contribution < 1.29 is 9.90 Å². The highest BCUT2D eigenvalue weighted by molar-refractivity contribution is 6.77. The number of carbonyl (C=O) groups is 1. The lowest BCUT2D eigenvalue weighted by molar-refractivity contribution is 0.0697. The number of anilines is 1. The van der Waals surface area contributed by atoms with Crippen LogP contribution in [-0.4, -0.2) is 32.2 Å². The van der Waals surface area contributed by atoms with Crippen molar-refractivity contribution in [1.29, 1.82) is 0 Å². The van der Waals surface area contributed by atoms with E-state index in [9.17, 15) is 9.90 Å². The van der Waals surface area contributed by atoms with Crippen molar-refractivity contribution in [2.75, 3.05) is 18.0 Å². The Kier molecular flexibility index (Phi) is 3.48. The molecule has 0 spiro atoms. The molecule has 0 atom stereocenters. The molecule has 1 aromatic carbocycles. The first-order valence-electron chi connectivity index (χ1n) is 6.48. The number of hydrogen-bond donors (Lipinski definition) is 1. The molecule has 1 aromatic rings. The Hall–Kier alpha value is -1.29. The van der Waals surface area contributed by atoms with E-state index in [0.29, 0.717) is 5.56 Å². The van der Waals surface area contributed by atoms with Gasteiger partial charge in [0.25, 0.3) is 0 Å². The van der Waals surface area contributed by atoms with Gasteiger partial charge in [-0.3, -0.25) is 0 Å². The van der Waals surface area contributed by atoms with Crippen LogP contribution in [0.15, 0.2) is 18.2 Å². The molecule has 0 amide bonds. The summed E-state index contributed by atoms with van der Waals surface area (Å²) in [6.07, 6.45) is 0. The van der Waals surface area contributed by atoms with Gasteiger partial charge < -0.3 is 10.0 Å². The molecule has 18 heavy (non-hydrogen) atoms. The van der Waals surface area contributed by atoms with E-state index in [1.54, 1.807) is 6.07 Å². The first kappa shape index (κ1) is 13.1. The van der Waals surface area contributed by atoms with Gasteiger partial charge in [0, 0.05) is 13.1 Å². The molecule has 1 saturated heterocycles. The quantitative estimate of drug-likeness (QED) is 0.833. The van der Waals surface area contributed by atoms with E-state index in [4.69, 9.17) is 0 Å². The van der Waals surface area contributed by atoms with E-state index in [1.807, 2.05) is 19.1 Å². The second-order valence-electron chi connectivity index (χ2n) is 5.98. The van der Waals surface area contributed by atoms with E-state index in [-0.39, 0.29) is 0 Å². The summed E-state index contributed by atoms with van der Waals surface area (Å²) in [4.78, 5) is 13.5. The molecule has 0 saturated carbocycles. The molecule has 0 radical (unpaired) electrons. The number of carboxylic acids is 1. The minimum atomic E-state index is -1.01. The lowest BCUT2D eigenvalue weighted by Gasteiger charge is -2.37. The summed E-state index contributed by atoms with van der Waals surface area (Å²) in [5.74, 6) is -0.827. The number of carboxylic acid groups (broad SMARTS) is 1. The van der Waals surface area contributed by atoms with Gasteiger partial charge in [-0.1, -0.05) is 19.2 Å². The Morgan fingerprint density at radius 3 is 2.44 bits per heavy atom. The molecule has 4 heteroatoms. The molecule has 0 bridgehead atoms. The molecule has 0 aliphatic carbocycles. The Balaban J connectivity index is 2.28. The van der Waals surface area contributed by atoms with Crippen LogP contribution in [0, 0.1) is 6.92 Å². The lowest BCUT2D eigenvalue weighted by Crippen LogP contribution is -2.43. The molecule has 1 N–H and O–H groups in total. The van der Waals surface area contributed by atoms with Crippen LogP contribution in [-0.2, 0) is 0 Å². The number of rotatable bonds is 2. The topological polar surface area (TPSA) is 40.5 Å². The third-order valence-corrected chi connectivity index (χ3v) is 7.00. The molecule has 1 fully saturated rings. The van der Waals surface area contributed by atoms with Gasteiger partial charge in [0.15, 0.2) is 0 Å². The van der Waals surface area contributed by atoms with Crippen LogP contribution < -0.4 is 4.90 Å². The van der Waals surface area contributed by atoms with Crippen molar-refractivity contribution in [3.05, 3.63) is 29.3 Å². The van der Waals surface area contributed by atoms with Gasteiger partial charge in [0.2, 0.25) is 0 Å². The number of hydrogen-bond acceptors (Lipinski definition) is 2. The molecule has 0 aromatic heterocycles. The predicted octanol–water partition coefficient (Wildman–Crippen LogP) is 3.22. The summed E-state index contributed by atoms with van der Waals surface area (Å²) >= 11 is 0. The van der Waals surface area contributed by atoms with Crippen LogP contribution in [0.3, 0.4) is 0 Å². The zero-order valence-electron chi connectivity index (χ0n) is 11.4. The van der Waals surface area contributed by atoms with Crippen LogP contribution in [0.25, 0.3) is 0 Å². The van der Waals surface area contributed by atoms with Gasteiger partial charge in [0.05, 0.1) is 19.3 Å². The second-order valence-corrected chi connectivity index (χ2v) is 11.3. The average Bonchev–Trinajstić information content (AvgIpc) is 2.28. The van der Waals surface area contributed by atoms with Crippen LogP contribution >= 0.6 is 0 Å². The smallest absolute Gasteiger partial charge is 0.337 e. The number of benzene rings is 1. The van der Waals surface area contributed by atoms with Gasteiger partial charge >= 0.3 is 5.97 Å². The van der Waals surface area contributed by atoms with Gasteiger partial charge in [0.1, 0.15) is 0 Å². The fourth-order valence-corrected chi connectivity index (χ4v) is 4.44. The molecular weight excluding hydrogens is 242 g/mol. The van der Waals surface area contributed by atoms with E-state index < -0.39 is 14.0 Å². The maximum atomic E-state index is 11.3. The van der Waals surface area contributed by atoms with E-state index in [1.165, 1.54) is 12.1 Å². The highest BCUT2D eigenvalue weighted by atomic mass is 28.3. The highest BCUT2D eigenvalue weighted by Gasteiger charge is 2.28. The summed E-state index contributed by atoms with van der Waals surface area (Å²) in [7, 11) is -1.01. The monoisotopic (exact) mass is 263 g/mol. The van der Waals surface area contributed by atoms with Crippen molar-refractivity contribution >= 4 is 19.7 Å². The number of nitrogens with zero attached hydrogens (tertiary/aromatic N) is 1. The molecule has 1 heterocycles. The van der Waals surface area contributed by atoms with Gasteiger partial charge in [-0.05, 0) is 36.7 Å². The molecule has 3 nitrogen and oxygen atoms in total. The summed E-state index contributed by atoms with van der Waals surface area (Å²) in [6, 6.07) is 8.10. The fraction of sp³-hybridized carbons (Fsp3) is 0.500. The summed E-state index contributed by atoms with van der Waals surface area (Å²) in [5, 5.41) is 9.27. The third kappa shape index (κ3) is 2.75. The summed E-state index contributed by atoms with van der Waals surface area (Å²) in [6.45, 7) is 8.85. The van der Waals surface area contributed by atoms with Crippen LogP contribution in [0.5, 0.6) is 0 Å². The maximum Gasteiger partial charge on any atom is 0.337 e. The molecule has 1 aliphatic heterocycles. The lowest BCUT2D eigenvalue weighted by atomic mass is 10.1. The first-order valence-corrected chi connectivity index (χ1v) is 9.89. The maximum absolute atomic E-state index is 11.3. The second kappa shape index (κ2) is 4.76. The molecule has 98 valence electrons. The SMILES string of the molecule is Cc1ccc(C(=O)O)c(N2CC[Si](C)(C)CC2)c1. The van der Waals surface area contributed by atoms with Crippen molar-refractivity contribution in [1.82, 2.24) is 0 Å². The molecule has 0 unspecified atom stereocenters. The number of aromatic carboxylic acids is 1. The molecule has 1 aliphatic rings. The Bertz CT molecular complexity index is 461. The first-order chi connectivity index (χ1) is 8.39. The van der Waals surface area contributed by atoms with Crippen molar-refractivity contribution in [2.24, 2.45) is 0 Å². The van der Waals surface area contributed by atoms with Crippen LogP contribution in [0.2, 0.25) is 25.2 Å². The average molecular weight is 263 g/mol. The third-order valence-electron chi connectivity index (χ3n) is 3.84. The Morgan fingerprint density at radius 2 is 1.89 bits per heavy atom. The predicted molar refractivity (Wildman–Crippen MR) is 77.4 cm³/mol. The van der Waals surface area contributed by atoms with Crippen molar-refractivity contribution in [3.63, 3.8) is 0 Å². The normalized spacial score (nSPS) is 18.7. The zero-order valence-corrected chi connectivity index (χ0v) is 12.4. The number of aryl methyl sites for hydroxylation is 1. The minimum Gasteiger partial charge on any atom is -0.478 e. The highest BCUT2D eigenvalue weighted by Crippen LogP contribution is 2.29. The van der Waals surface area contributed by atoms with E-state index in [2.05, 4.69) is 18.0 Å². The fourth-order valence-electron chi connectivity index (χ4n) is 2.44. The standard InChI is InChI=1S/C14H21NO2Si/c1-11-4-5-12(14(16)17)13(10-11)15-6-8-18(2,3)9-7-15/h4-5,10H,6-9H2,1-3H3,(H,16,17). The van der Waals surface area contributed by atoms with Gasteiger partial charge in [-0.2, -0.15) is 0 Å². The minimum absolute atomic E-state index is 0.432. The van der Waals surface area contributed by atoms with Gasteiger partial charge in [-0.15, -0.1) is 0 Å². The van der Waals surface area contributed by atoms with E-state index in [0.717, 1.165) is 24.3 Å². The largest absolute Gasteiger partial charge is 0.478 e. The Morgan fingerprint density at radius 1 is 1.28 bits per heavy atom. The Labute approximate surface area is 109 Å². The summed E-state index contributed by atoms with van der Waals surface area (Å²) < 4.78 is 0. The summed E-state index contributed by atoms with van der Waals surface area (Å²) in [5.41, 5.74) is 2.45. The van der Waals surface area contributed by atoms with E-state index >= 15 is 0 Å². The molecule has 2 rings (SSSR count). The van der Waals surface area contributed by atoms with Crippen LogP contribution in [0.4, 0.5) is 5.69 Å². The zero-order chi connectivity index (χ0) is 13.3. The van der Waals surface area contributed by atoms with Crippen LogP contribution in [0.1, 0.15) is 15.9 Å².